The molecule has 0 aromatic carbocycles. The third-order valence-electron chi connectivity index (χ3n) is 4.32. The fourth-order valence-electron chi connectivity index (χ4n) is 2.56. The van der Waals surface area contributed by atoms with E-state index in [0.29, 0.717) is 17.0 Å². The van der Waals surface area contributed by atoms with Crippen molar-refractivity contribution in [3.05, 3.63) is 47.2 Å². The van der Waals surface area contributed by atoms with Crippen LogP contribution in [0.4, 0.5) is 13.2 Å². The number of ketones is 1. The molecule has 0 radical (unpaired) electrons. The van der Waals surface area contributed by atoms with Crippen molar-refractivity contribution < 1.29 is 27.5 Å². The molecule has 0 aliphatic heterocycles. The summed E-state index contributed by atoms with van der Waals surface area (Å²) in [5.74, 6) is -0.120. The molecule has 0 spiro atoms. The van der Waals surface area contributed by atoms with Crippen molar-refractivity contribution in [1.29, 1.82) is 0 Å². The Bertz CT molecular complexity index is 914. The number of rotatable bonds is 8. The van der Waals surface area contributed by atoms with Crippen LogP contribution in [-0.2, 0) is 17.8 Å². The van der Waals surface area contributed by atoms with Crippen molar-refractivity contribution in [2.45, 2.75) is 38.9 Å². The van der Waals surface area contributed by atoms with Crippen LogP contribution in [0.3, 0.4) is 0 Å². The van der Waals surface area contributed by atoms with E-state index in [0.717, 1.165) is 12.8 Å². The number of hydrogen-bond acceptors (Lipinski definition) is 6. The van der Waals surface area contributed by atoms with Crippen molar-refractivity contribution in [3.8, 4) is 5.88 Å². The van der Waals surface area contributed by atoms with Crippen molar-refractivity contribution in [1.82, 2.24) is 20.3 Å². The summed E-state index contributed by atoms with van der Waals surface area (Å²) in [6.07, 6.45) is 0.229. The largest absolute Gasteiger partial charge is 0.468 e. The highest BCUT2D eigenvalue weighted by molar-refractivity contribution is 5.92. The van der Waals surface area contributed by atoms with E-state index in [2.05, 4.69) is 25.0 Å². The van der Waals surface area contributed by atoms with Crippen LogP contribution >= 0.6 is 0 Å². The normalized spacial score (nSPS) is 13.8. The molecule has 1 saturated carbocycles. The monoisotopic (exact) mass is 408 g/mol. The summed E-state index contributed by atoms with van der Waals surface area (Å²) in [5.41, 5.74) is 1.38. The Balaban J connectivity index is 1.56. The molecule has 3 rings (SSSR count). The van der Waals surface area contributed by atoms with Crippen molar-refractivity contribution in [3.63, 3.8) is 0 Å². The molecule has 0 unspecified atom stereocenters. The summed E-state index contributed by atoms with van der Waals surface area (Å²) in [4.78, 5) is 36.2. The molecule has 1 aliphatic carbocycles. The lowest BCUT2D eigenvalue weighted by atomic mass is 10.1. The van der Waals surface area contributed by atoms with Crippen LogP contribution in [-0.4, -0.2) is 39.4 Å². The van der Waals surface area contributed by atoms with Gasteiger partial charge in [0.25, 0.3) is 5.91 Å². The minimum absolute atomic E-state index is 0.0806. The highest BCUT2D eigenvalue weighted by Gasteiger charge is 2.30. The first-order chi connectivity index (χ1) is 13.7. The number of pyridine rings is 1. The Labute approximate surface area is 164 Å². The molecule has 2 aromatic heterocycles. The number of hydrogen-bond donors (Lipinski definition) is 1. The fourth-order valence-corrected chi connectivity index (χ4v) is 2.56. The predicted molar refractivity (Wildman–Crippen MR) is 95.2 cm³/mol. The molecule has 2 heterocycles. The first-order valence-electron chi connectivity index (χ1n) is 8.99. The molecule has 29 heavy (non-hydrogen) atoms. The maximum atomic E-state index is 12.3. The number of Topliss-reactive ketones (excluding diaryl/α,β-unsaturated/α-hetero) is 1. The van der Waals surface area contributed by atoms with Gasteiger partial charge in [0.05, 0.1) is 6.42 Å². The van der Waals surface area contributed by atoms with Crippen LogP contribution in [0.2, 0.25) is 0 Å². The summed E-state index contributed by atoms with van der Waals surface area (Å²) in [7, 11) is 0. The summed E-state index contributed by atoms with van der Waals surface area (Å²) >= 11 is 0. The Morgan fingerprint density at radius 2 is 2.03 bits per heavy atom. The summed E-state index contributed by atoms with van der Waals surface area (Å²) in [5, 5.41) is 2.67. The minimum atomic E-state index is -4.44. The number of ether oxygens (including phenoxy) is 1. The third kappa shape index (κ3) is 6.23. The average molecular weight is 408 g/mol. The van der Waals surface area contributed by atoms with Crippen LogP contribution in [0.1, 0.15) is 40.3 Å². The van der Waals surface area contributed by atoms with Crippen molar-refractivity contribution in [2.24, 2.45) is 5.92 Å². The summed E-state index contributed by atoms with van der Waals surface area (Å²) in [6.45, 7) is 0.363. The number of nitrogens with zero attached hydrogens (tertiary/aromatic N) is 3. The molecule has 0 bridgehead atoms. The van der Waals surface area contributed by atoms with E-state index in [-0.39, 0.29) is 36.2 Å². The highest BCUT2D eigenvalue weighted by Crippen LogP contribution is 2.30. The number of carbonyl (C=O) groups is 2. The first-order valence-corrected chi connectivity index (χ1v) is 8.99. The highest BCUT2D eigenvalue weighted by atomic mass is 19.4. The number of alkyl halides is 3. The summed E-state index contributed by atoms with van der Waals surface area (Å²) in [6, 6.07) is 2.82. The number of aryl methyl sites for hydroxylation is 1. The van der Waals surface area contributed by atoms with E-state index in [9.17, 15) is 22.8 Å². The molecular formula is C19H19F3N4O3. The summed E-state index contributed by atoms with van der Waals surface area (Å²) < 4.78 is 41.2. The molecule has 1 aliphatic rings. The van der Waals surface area contributed by atoms with Gasteiger partial charge in [0.1, 0.15) is 17.3 Å². The maximum absolute atomic E-state index is 12.3. The van der Waals surface area contributed by atoms with Gasteiger partial charge in [-0.15, -0.1) is 0 Å². The Kier molecular flexibility index (Phi) is 6.09. The minimum Gasteiger partial charge on any atom is -0.468 e. The van der Waals surface area contributed by atoms with Gasteiger partial charge in [0.2, 0.25) is 5.88 Å². The standard InChI is InChI=1S/C19H19F3N4O3/c1-11-6-17(29-10-19(20,21)22)24-8-13(11)9-25-18(28)14-4-5-23-16(26-14)7-15(27)12-2-3-12/h4-6,8,12H,2-3,7,9-10H2,1H3,(H,25,28). The molecule has 1 fully saturated rings. The number of aromatic nitrogens is 3. The first kappa shape index (κ1) is 20.7. The van der Waals surface area contributed by atoms with Gasteiger partial charge in [-0.25, -0.2) is 15.0 Å². The number of halogens is 3. The zero-order valence-electron chi connectivity index (χ0n) is 15.6. The Morgan fingerprint density at radius 3 is 2.69 bits per heavy atom. The van der Waals surface area contributed by atoms with E-state index < -0.39 is 18.7 Å². The van der Waals surface area contributed by atoms with Gasteiger partial charge in [-0.2, -0.15) is 13.2 Å². The molecule has 10 heteroatoms. The van der Waals surface area contributed by atoms with Gasteiger partial charge >= 0.3 is 6.18 Å². The molecular weight excluding hydrogens is 389 g/mol. The van der Waals surface area contributed by atoms with Gasteiger partial charge < -0.3 is 10.1 Å². The Hall–Kier alpha value is -3.04. The van der Waals surface area contributed by atoms with Gasteiger partial charge in [-0.3, -0.25) is 9.59 Å². The quantitative estimate of drug-likeness (QED) is 0.722. The third-order valence-corrected chi connectivity index (χ3v) is 4.32. The lowest BCUT2D eigenvalue weighted by molar-refractivity contribution is -0.154. The second kappa shape index (κ2) is 8.54. The molecule has 7 nitrogen and oxygen atoms in total. The van der Waals surface area contributed by atoms with E-state index >= 15 is 0 Å². The second-order valence-corrected chi connectivity index (χ2v) is 6.81. The van der Waals surface area contributed by atoms with Crippen molar-refractivity contribution in [2.75, 3.05) is 6.61 Å². The van der Waals surface area contributed by atoms with Gasteiger partial charge in [0.15, 0.2) is 6.61 Å². The number of carbonyl (C=O) groups excluding carboxylic acids is 2. The van der Waals surface area contributed by atoms with E-state index in [4.69, 9.17) is 0 Å². The second-order valence-electron chi connectivity index (χ2n) is 6.81. The molecule has 0 atom stereocenters. The number of nitrogens with one attached hydrogen (secondary N) is 1. The smallest absolute Gasteiger partial charge is 0.422 e. The van der Waals surface area contributed by atoms with E-state index in [1.54, 1.807) is 6.92 Å². The Morgan fingerprint density at radius 1 is 1.28 bits per heavy atom. The molecule has 0 saturated heterocycles. The van der Waals surface area contributed by atoms with Gasteiger partial charge in [-0.05, 0) is 37.0 Å². The molecule has 1 amide bonds. The topological polar surface area (TPSA) is 94.1 Å². The number of amides is 1. The molecule has 154 valence electrons. The average Bonchev–Trinajstić information content (AvgIpc) is 3.50. The SMILES string of the molecule is Cc1cc(OCC(F)(F)F)ncc1CNC(=O)c1ccnc(CC(=O)C2CC2)n1. The van der Waals surface area contributed by atoms with E-state index in [1.807, 2.05) is 0 Å². The zero-order chi connectivity index (χ0) is 21.0. The maximum Gasteiger partial charge on any atom is 0.422 e. The fraction of sp³-hybridized carbons (Fsp3) is 0.421. The lowest BCUT2D eigenvalue weighted by Crippen LogP contribution is -2.25. The molecule has 1 N–H and O–H groups in total. The van der Waals surface area contributed by atoms with E-state index in [1.165, 1.54) is 24.5 Å². The zero-order valence-corrected chi connectivity index (χ0v) is 15.6. The molecule has 2 aromatic rings. The van der Waals surface area contributed by atoms with Crippen LogP contribution in [0, 0.1) is 12.8 Å². The predicted octanol–water partition coefficient (Wildman–Crippen LogP) is 2.57. The van der Waals surface area contributed by atoms with Crippen LogP contribution in [0.15, 0.2) is 24.5 Å². The van der Waals surface area contributed by atoms with Crippen LogP contribution in [0.5, 0.6) is 5.88 Å². The lowest BCUT2D eigenvalue weighted by Gasteiger charge is -2.11. The van der Waals surface area contributed by atoms with Gasteiger partial charge in [-0.1, -0.05) is 0 Å². The van der Waals surface area contributed by atoms with Crippen LogP contribution < -0.4 is 10.1 Å². The van der Waals surface area contributed by atoms with Crippen molar-refractivity contribution >= 4 is 11.7 Å². The van der Waals surface area contributed by atoms with Gasteiger partial charge in [0, 0.05) is 30.9 Å². The van der Waals surface area contributed by atoms with Crippen LogP contribution in [0.25, 0.3) is 0 Å².